The van der Waals surface area contributed by atoms with Gasteiger partial charge in [0.25, 0.3) is 0 Å². The summed E-state index contributed by atoms with van der Waals surface area (Å²) >= 11 is 0. The molecule has 0 radical (unpaired) electrons. The molecule has 0 bridgehead atoms. The van der Waals surface area contributed by atoms with Gasteiger partial charge in [-0.2, -0.15) is 0 Å². The molecular weight excluding hydrogens is 216 g/mol. The van der Waals surface area contributed by atoms with Gasteiger partial charge >= 0.3 is 5.97 Å². The van der Waals surface area contributed by atoms with Gasteiger partial charge in [0, 0.05) is 6.61 Å². The van der Waals surface area contributed by atoms with Gasteiger partial charge < -0.3 is 10.2 Å². The fraction of sp³-hybridized carbons (Fsp3) is 0.500. The molecule has 0 spiro atoms. The molecule has 0 aliphatic heterocycles. The van der Waals surface area contributed by atoms with Crippen LogP contribution >= 0.6 is 0 Å². The van der Waals surface area contributed by atoms with E-state index in [2.05, 4.69) is 0 Å². The van der Waals surface area contributed by atoms with Crippen molar-refractivity contribution in [1.29, 1.82) is 0 Å². The Morgan fingerprint density at radius 1 is 1.18 bits per heavy atom. The van der Waals surface area contributed by atoms with Crippen LogP contribution in [0.25, 0.3) is 0 Å². The number of aliphatic hydroxyl groups is 1. The molecule has 94 valence electrons. The van der Waals surface area contributed by atoms with Crippen LogP contribution in [0.2, 0.25) is 0 Å². The van der Waals surface area contributed by atoms with Crippen molar-refractivity contribution in [2.24, 2.45) is 0 Å². The number of carbonyl (C=O) groups is 1. The van der Waals surface area contributed by atoms with E-state index in [1.165, 1.54) is 0 Å². The van der Waals surface area contributed by atoms with Gasteiger partial charge in [-0.15, -0.1) is 0 Å². The van der Waals surface area contributed by atoms with Gasteiger partial charge in [-0.1, -0.05) is 12.1 Å². The third kappa shape index (κ3) is 2.50. The normalized spacial score (nSPS) is 14.4. The number of rotatable bonds is 4. The van der Waals surface area contributed by atoms with Crippen LogP contribution < -0.4 is 0 Å². The lowest BCUT2D eigenvalue weighted by atomic mass is 9.76. The first-order valence-corrected chi connectivity index (χ1v) is 5.75. The summed E-state index contributed by atoms with van der Waals surface area (Å²) in [5.74, 6) is -0.891. The Bertz CT molecular complexity index is 437. The Kier molecular flexibility index (Phi) is 3.94. The number of aliphatic carboxylic acids is 1. The number of aryl methyl sites for hydroxylation is 3. The minimum atomic E-state index is -1.02. The lowest BCUT2D eigenvalue weighted by Crippen LogP contribution is -2.34. The lowest BCUT2D eigenvalue weighted by molar-refractivity contribution is -0.143. The lowest BCUT2D eigenvalue weighted by Gasteiger charge is -2.27. The van der Waals surface area contributed by atoms with Crippen molar-refractivity contribution in [3.63, 3.8) is 0 Å². The number of hydrogen-bond donors (Lipinski definition) is 2. The van der Waals surface area contributed by atoms with Crippen LogP contribution in [0.4, 0.5) is 0 Å². The summed E-state index contributed by atoms with van der Waals surface area (Å²) in [6, 6.07) is 3.93. The summed E-state index contributed by atoms with van der Waals surface area (Å²) in [5, 5.41) is 18.5. The Morgan fingerprint density at radius 3 is 2.18 bits per heavy atom. The second-order valence-corrected chi connectivity index (χ2v) is 4.86. The quantitative estimate of drug-likeness (QED) is 0.843. The molecule has 1 aromatic carbocycles. The van der Waals surface area contributed by atoms with Gasteiger partial charge in [0.1, 0.15) is 0 Å². The van der Waals surface area contributed by atoms with Crippen LogP contribution in [-0.2, 0) is 10.2 Å². The third-order valence-corrected chi connectivity index (χ3v) is 3.52. The average molecular weight is 236 g/mol. The predicted octanol–water partition coefficient (Wildman–Crippen LogP) is 2.34. The summed E-state index contributed by atoms with van der Waals surface area (Å²) in [6.07, 6.45) is 0.228. The van der Waals surface area contributed by atoms with Crippen LogP contribution in [-0.4, -0.2) is 22.8 Å². The van der Waals surface area contributed by atoms with E-state index < -0.39 is 11.4 Å². The first-order valence-electron chi connectivity index (χ1n) is 5.75. The highest BCUT2D eigenvalue weighted by molar-refractivity contribution is 5.81. The maximum Gasteiger partial charge on any atom is 0.313 e. The molecule has 0 saturated heterocycles. The van der Waals surface area contributed by atoms with E-state index >= 15 is 0 Å². The monoisotopic (exact) mass is 236 g/mol. The molecule has 0 amide bonds. The molecule has 0 saturated carbocycles. The van der Waals surface area contributed by atoms with Crippen LogP contribution in [0.5, 0.6) is 0 Å². The highest BCUT2D eigenvalue weighted by Gasteiger charge is 2.36. The smallest absolute Gasteiger partial charge is 0.313 e. The molecule has 1 rings (SSSR count). The summed E-state index contributed by atoms with van der Waals surface area (Å²) < 4.78 is 0. The number of hydrogen-bond acceptors (Lipinski definition) is 2. The van der Waals surface area contributed by atoms with Crippen molar-refractivity contribution < 1.29 is 15.0 Å². The van der Waals surface area contributed by atoms with Gasteiger partial charge in [0.2, 0.25) is 0 Å². The number of benzene rings is 1. The molecular formula is C14H20O3. The van der Waals surface area contributed by atoms with Crippen molar-refractivity contribution in [1.82, 2.24) is 0 Å². The minimum Gasteiger partial charge on any atom is -0.481 e. The molecule has 1 unspecified atom stereocenters. The molecule has 0 aromatic heterocycles. The Balaban J connectivity index is 3.38. The molecule has 0 aliphatic rings. The Labute approximate surface area is 102 Å². The van der Waals surface area contributed by atoms with E-state index in [9.17, 15) is 9.90 Å². The molecule has 17 heavy (non-hydrogen) atoms. The summed E-state index contributed by atoms with van der Waals surface area (Å²) in [5.41, 5.74) is 2.98. The van der Waals surface area contributed by atoms with Crippen LogP contribution in [0.1, 0.15) is 35.6 Å². The highest BCUT2D eigenvalue weighted by atomic mass is 16.4. The van der Waals surface area contributed by atoms with Gasteiger partial charge in [-0.3, -0.25) is 4.79 Å². The zero-order valence-electron chi connectivity index (χ0n) is 10.9. The van der Waals surface area contributed by atoms with E-state index in [-0.39, 0.29) is 13.0 Å². The molecule has 1 aromatic rings. The van der Waals surface area contributed by atoms with Gasteiger partial charge in [-0.25, -0.2) is 0 Å². The molecule has 0 aliphatic carbocycles. The van der Waals surface area contributed by atoms with Crippen molar-refractivity contribution in [2.75, 3.05) is 6.61 Å². The minimum absolute atomic E-state index is 0.130. The Hall–Kier alpha value is -1.35. The van der Waals surface area contributed by atoms with E-state index in [4.69, 9.17) is 5.11 Å². The molecule has 2 N–H and O–H groups in total. The third-order valence-electron chi connectivity index (χ3n) is 3.52. The van der Waals surface area contributed by atoms with Crippen LogP contribution in [0.15, 0.2) is 12.1 Å². The standard InChI is InChI=1S/C14H20O3/c1-9-7-11(3)12(8-10(9)2)14(4,5-6-15)13(16)17/h7-8,15H,5-6H2,1-4H3,(H,16,17). The van der Waals surface area contributed by atoms with Gasteiger partial charge in [0.15, 0.2) is 0 Å². The maximum atomic E-state index is 11.4. The second-order valence-electron chi connectivity index (χ2n) is 4.86. The molecule has 3 nitrogen and oxygen atoms in total. The Morgan fingerprint density at radius 2 is 1.71 bits per heavy atom. The fourth-order valence-electron chi connectivity index (χ4n) is 2.14. The number of carboxylic acids is 1. The number of carboxylic acid groups (broad SMARTS) is 1. The van der Waals surface area contributed by atoms with E-state index in [1.807, 2.05) is 32.9 Å². The van der Waals surface area contributed by atoms with Crippen molar-refractivity contribution >= 4 is 5.97 Å². The largest absolute Gasteiger partial charge is 0.481 e. The topological polar surface area (TPSA) is 57.5 Å². The molecule has 0 fully saturated rings. The van der Waals surface area contributed by atoms with Crippen molar-refractivity contribution in [3.8, 4) is 0 Å². The zero-order valence-corrected chi connectivity index (χ0v) is 10.9. The maximum absolute atomic E-state index is 11.4. The van der Waals surface area contributed by atoms with Gasteiger partial charge in [0.05, 0.1) is 5.41 Å². The van der Waals surface area contributed by atoms with Gasteiger partial charge in [-0.05, 0) is 56.4 Å². The van der Waals surface area contributed by atoms with Crippen LogP contribution in [0, 0.1) is 20.8 Å². The van der Waals surface area contributed by atoms with E-state index in [0.29, 0.717) is 0 Å². The van der Waals surface area contributed by atoms with E-state index in [1.54, 1.807) is 6.92 Å². The summed E-state index contributed by atoms with van der Waals surface area (Å²) in [7, 11) is 0. The predicted molar refractivity (Wildman–Crippen MR) is 67.3 cm³/mol. The summed E-state index contributed by atoms with van der Waals surface area (Å²) in [6.45, 7) is 7.44. The molecule has 0 heterocycles. The molecule has 3 heteroatoms. The zero-order chi connectivity index (χ0) is 13.2. The first-order chi connectivity index (χ1) is 7.82. The summed E-state index contributed by atoms with van der Waals surface area (Å²) in [4.78, 5) is 11.4. The number of aliphatic hydroxyl groups excluding tert-OH is 1. The average Bonchev–Trinajstić information content (AvgIpc) is 2.23. The second kappa shape index (κ2) is 4.88. The van der Waals surface area contributed by atoms with Crippen LogP contribution in [0.3, 0.4) is 0 Å². The van der Waals surface area contributed by atoms with Crippen molar-refractivity contribution in [3.05, 3.63) is 34.4 Å². The fourth-order valence-corrected chi connectivity index (χ4v) is 2.14. The first kappa shape index (κ1) is 13.7. The molecule has 1 atom stereocenters. The van der Waals surface area contributed by atoms with E-state index in [0.717, 1.165) is 22.3 Å². The van der Waals surface area contributed by atoms with Crippen molar-refractivity contribution in [2.45, 2.75) is 39.5 Å². The SMILES string of the molecule is Cc1cc(C)c(C(C)(CCO)C(=O)O)cc1C. The highest BCUT2D eigenvalue weighted by Crippen LogP contribution is 2.32.